The van der Waals surface area contributed by atoms with Crippen LogP contribution in [0.5, 0.6) is 0 Å². The minimum atomic E-state index is -0.777. The van der Waals surface area contributed by atoms with Gasteiger partial charge in [0.05, 0.1) is 11.9 Å². The summed E-state index contributed by atoms with van der Waals surface area (Å²) in [7, 11) is 0. The first-order valence-corrected chi connectivity index (χ1v) is 5.38. The van der Waals surface area contributed by atoms with Crippen molar-refractivity contribution in [3.05, 3.63) is 18.5 Å². The van der Waals surface area contributed by atoms with Crippen LogP contribution in [0.15, 0.2) is 18.5 Å². The smallest absolute Gasteiger partial charge is 0.321 e. The topological polar surface area (TPSA) is 67.1 Å². The van der Waals surface area contributed by atoms with Crippen LogP contribution in [0.4, 0.5) is 0 Å². The average molecular weight is 213 g/mol. The Morgan fingerprint density at radius 1 is 1.79 bits per heavy atom. The lowest BCUT2D eigenvalue weighted by Crippen LogP contribution is -2.38. The van der Waals surface area contributed by atoms with Crippen molar-refractivity contribution in [2.24, 2.45) is 0 Å². The third-order valence-electron chi connectivity index (χ3n) is 2.06. The molecule has 2 rings (SSSR count). The normalized spacial score (nSPS) is 26.6. The van der Waals surface area contributed by atoms with Gasteiger partial charge in [-0.25, -0.2) is 0 Å². The van der Waals surface area contributed by atoms with Crippen LogP contribution in [-0.2, 0) is 11.3 Å². The molecule has 76 valence electrons. The zero-order valence-corrected chi connectivity index (χ0v) is 8.28. The van der Waals surface area contributed by atoms with Crippen molar-refractivity contribution in [1.29, 1.82) is 0 Å². The molecule has 0 amide bonds. The van der Waals surface area contributed by atoms with Crippen molar-refractivity contribution in [2.75, 3.05) is 5.75 Å². The van der Waals surface area contributed by atoms with Crippen LogP contribution in [0.1, 0.15) is 0 Å². The predicted molar refractivity (Wildman–Crippen MR) is 53.0 cm³/mol. The van der Waals surface area contributed by atoms with Gasteiger partial charge in [-0.3, -0.25) is 14.8 Å². The van der Waals surface area contributed by atoms with Gasteiger partial charge in [0.15, 0.2) is 0 Å². The summed E-state index contributed by atoms with van der Waals surface area (Å²) in [6, 6.07) is 1.44. The SMILES string of the molecule is O=C(O)[C@H]1CS[C@H](Cn2cccn2)N1. The van der Waals surface area contributed by atoms with Crippen LogP contribution in [0, 0.1) is 0 Å². The van der Waals surface area contributed by atoms with Gasteiger partial charge in [-0.2, -0.15) is 5.10 Å². The third-order valence-corrected chi connectivity index (χ3v) is 3.27. The monoisotopic (exact) mass is 213 g/mol. The van der Waals surface area contributed by atoms with E-state index in [1.54, 1.807) is 22.6 Å². The lowest BCUT2D eigenvalue weighted by atomic mass is 10.3. The highest BCUT2D eigenvalue weighted by atomic mass is 32.2. The van der Waals surface area contributed by atoms with E-state index in [1.165, 1.54) is 0 Å². The van der Waals surface area contributed by atoms with Crippen molar-refractivity contribution in [1.82, 2.24) is 15.1 Å². The highest BCUT2D eigenvalue weighted by molar-refractivity contribution is 8.00. The Bertz CT molecular complexity index is 314. The van der Waals surface area contributed by atoms with E-state index in [9.17, 15) is 4.79 Å². The molecule has 0 bridgehead atoms. The van der Waals surface area contributed by atoms with Gasteiger partial charge in [0, 0.05) is 18.1 Å². The molecule has 0 aromatic carbocycles. The van der Waals surface area contributed by atoms with Crippen molar-refractivity contribution >= 4 is 17.7 Å². The third kappa shape index (κ3) is 2.08. The molecule has 5 nitrogen and oxygen atoms in total. The molecule has 1 fully saturated rings. The van der Waals surface area contributed by atoms with E-state index in [0.717, 1.165) is 0 Å². The first-order chi connectivity index (χ1) is 6.75. The summed E-state index contributed by atoms with van der Waals surface area (Å²) >= 11 is 1.62. The number of nitrogens with zero attached hydrogens (tertiary/aromatic N) is 2. The summed E-state index contributed by atoms with van der Waals surface area (Å²) in [5, 5.41) is 16.0. The molecular weight excluding hydrogens is 202 g/mol. The maximum absolute atomic E-state index is 10.7. The minimum Gasteiger partial charge on any atom is -0.480 e. The molecule has 1 aromatic rings. The highest BCUT2D eigenvalue weighted by Gasteiger charge is 2.29. The summed E-state index contributed by atoms with van der Waals surface area (Å²) in [6.45, 7) is 0.710. The fraction of sp³-hybridized carbons (Fsp3) is 0.500. The molecule has 0 radical (unpaired) electrons. The van der Waals surface area contributed by atoms with Crippen LogP contribution in [0.3, 0.4) is 0 Å². The summed E-state index contributed by atoms with van der Waals surface area (Å²) in [5.41, 5.74) is 0. The van der Waals surface area contributed by atoms with Gasteiger partial charge in [0.25, 0.3) is 0 Å². The fourth-order valence-corrected chi connectivity index (χ4v) is 2.54. The van der Waals surface area contributed by atoms with E-state index in [4.69, 9.17) is 5.11 Å². The van der Waals surface area contributed by atoms with Crippen LogP contribution in [0.2, 0.25) is 0 Å². The molecule has 2 atom stereocenters. The Balaban J connectivity index is 1.87. The molecule has 0 unspecified atom stereocenters. The quantitative estimate of drug-likeness (QED) is 0.739. The molecule has 0 aliphatic carbocycles. The Morgan fingerprint density at radius 3 is 3.21 bits per heavy atom. The number of aromatic nitrogens is 2. The molecule has 14 heavy (non-hydrogen) atoms. The standard InChI is InChI=1S/C8H11N3O2S/c12-8(13)6-5-14-7(10-6)4-11-3-1-2-9-11/h1-3,6-7,10H,4-5H2,(H,12,13)/t6-,7-/m1/s1. The van der Waals surface area contributed by atoms with Crippen molar-refractivity contribution in [2.45, 2.75) is 18.0 Å². The van der Waals surface area contributed by atoms with Crippen molar-refractivity contribution < 1.29 is 9.90 Å². The van der Waals surface area contributed by atoms with Gasteiger partial charge in [-0.1, -0.05) is 0 Å². The maximum atomic E-state index is 10.7. The van der Waals surface area contributed by atoms with E-state index in [0.29, 0.717) is 12.3 Å². The van der Waals surface area contributed by atoms with Crippen LogP contribution in [0.25, 0.3) is 0 Å². The Morgan fingerprint density at radius 2 is 2.64 bits per heavy atom. The summed E-state index contributed by atoms with van der Waals surface area (Å²) < 4.78 is 1.80. The highest BCUT2D eigenvalue weighted by Crippen LogP contribution is 2.19. The largest absolute Gasteiger partial charge is 0.480 e. The number of carboxylic acid groups (broad SMARTS) is 1. The number of rotatable bonds is 3. The van der Waals surface area contributed by atoms with Crippen molar-refractivity contribution in [3.63, 3.8) is 0 Å². The molecule has 1 saturated heterocycles. The van der Waals surface area contributed by atoms with E-state index in [-0.39, 0.29) is 5.37 Å². The Hall–Kier alpha value is -1.01. The van der Waals surface area contributed by atoms with Gasteiger partial charge in [-0.05, 0) is 6.07 Å². The second-order valence-corrected chi connectivity index (χ2v) is 4.34. The molecule has 2 N–H and O–H groups in total. The van der Waals surface area contributed by atoms with E-state index in [2.05, 4.69) is 10.4 Å². The summed E-state index contributed by atoms with van der Waals surface area (Å²) in [5.74, 6) is -0.151. The molecule has 0 saturated carbocycles. The number of aliphatic carboxylic acids is 1. The van der Waals surface area contributed by atoms with Gasteiger partial charge in [0.1, 0.15) is 6.04 Å². The second kappa shape index (κ2) is 4.02. The number of carboxylic acids is 1. The second-order valence-electron chi connectivity index (χ2n) is 3.11. The predicted octanol–water partition coefficient (Wildman–Crippen LogP) is -0.00120. The Kier molecular flexibility index (Phi) is 2.74. The summed E-state index contributed by atoms with van der Waals surface area (Å²) in [6.07, 6.45) is 3.59. The zero-order chi connectivity index (χ0) is 9.97. The lowest BCUT2D eigenvalue weighted by molar-refractivity contribution is -0.138. The molecular formula is C8H11N3O2S. The lowest BCUT2D eigenvalue weighted by Gasteiger charge is -2.10. The molecule has 2 heterocycles. The minimum absolute atomic E-state index is 0.149. The molecule has 0 spiro atoms. The Labute approximate surface area is 85.5 Å². The van der Waals surface area contributed by atoms with E-state index >= 15 is 0 Å². The number of hydrogen-bond donors (Lipinski definition) is 2. The van der Waals surface area contributed by atoms with Crippen LogP contribution >= 0.6 is 11.8 Å². The van der Waals surface area contributed by atoms with E-state index < -0.39 is 12.0 Å². The van der Waals surface area contributed by atoms with Gasteiger partial charge in [-0.15, -0.1) is 11.8 Å². The number of thioether (sulfide) groups is 1. The first kappa shape index (κ1) is 9.54. The number of carbonyl (C=O) groups is 1. The summed E-state index contributed by atoms with van der Waals surface area (Å²) in [4.78, 5) is 10.7. The molecule has 1 aliphatic rings. The molecule has 1 aliphatic heterocycles. The maximum Gasteiger partial charge on any atom is 0.321 e. The molecule has 1 aromatic heterocycles. The van der Waals surface area contributed by atoms with Crippen LogP contribution < -0.4 is 5.32 Å². The van der Waals surface area contributed by atoms with Crippen molar-refractivity contribution in [3.8, 4) is 0 Å². The number of hydrogen-bond acceptors (Lipinski definition) is 4. The zero-order valence-electron chi connectivity index (χ0n) is 7.46. The molecule has 6 heteroatoms. The van der Waals surface area contributed by atoms with Gasteiger partial charge in [0.2, 0.25) is 0 Å². The van der Waals surface area contributed by atoms with Gasteiger partial charge >= 0.3 is 5.97 Å². The average Bonchev–Trinajstić information content (AvgIpc) is 2.75. The van der Waals surface area contributed by atoms with E-state index in [1.807, 2.05) is 12.3 Å². The van der Waals surface area contributed by atoms with Crippen LogP contribution in [-0.4, -0.2) is 38.0 Å². The fourth-order valence-electron chi connectivity index (χ4n) is 1.36. The first-order valence-electron chi connectivity index (χ1n) is 4.33. The van der Waals surface area contributed by atoms with Gasteiger partial charge < -0.3 is 5.11 Å². The number of nitrogens with one attached hydrogen (secondary N) is 1.